The third-order valence-corrected chi connectivity index (χ3v) is 3.69. The van der Waals surface area contributed by atoms with Gasteiger partial charge in [-0.05, 0) is 51.4 Å². The summed E-state index contributed by atoms with van der Waals surface area (Å²) in [6.45, 7) is 8.29. The molecule has 5 heteroatoms. The van der Waals surface area contributed by atoms with Crippen molar-refractivity contribution in [3.63, 3.8) is 0 Å². The molecule has 1 aliphatic rings. The molecule has 116 valence electrons. The molecule has 1 fully saturated rings. The fourth-order valence-electron chi connectivity index (χ4n) is 2.59. The van der Waals surface area contributed by atoms with Gasteiger partial charge in [0.25, 0.3) is 5.91 Å². The van der Waals surface area contributed by atoms with Crippen LogP contribution in [-0.2, 0) is 0 Å². The van der Waals surface area contributed by atoms with Crippen molar-refractivity contribution in [1.29, 1.82) is 0 Å². The SMILES string of the molecule is CCCNc1ccc(C(=O)NC(C)CN2CCCC2)cn1. The summed E-state index contributed by atoms with van der Waals surface area (Å²) in [5.74, 6) is 0.773. The summed E-state index contributed by atoms with van der Waals surface area (Å²) >= 11 is 0. The Bertz CT molecular complexity index is 440. The molecule has 1 amide bonds. The minimum Gasteiger partial charge on any atom is -0.370 e. The number of likely N-dealkylation sites (tertiary alicyclic amines) is 1. The van der Waals surface area contributed by atoms with Gasteiger partial charge in [0.05, 0.1) is 5.56 Å². The van der Waals surface area contributed by atoms with Gasteiger partial charge in [-0.25, -0.2) is 4.98 Å². The van der Waals surface area contributed by atoms with Gasteiger partial charge < -0.3 is 15.5 Å². The lowest BCUT2D eigenvalue weighted by Crippen LogP contribution is -2.41. The van der Waals surface area contributed by atoms with E-state index in [1.54, 1.807) is 6.20 Å². The molecular formula is C16H26N4O. The van der Waals surface area contributed by atoms with Crippen LogP contribution in [-0.4, -0.2) is 48.0 Å². The number of carbonyl (C=O) groups excluding carboxylic acids is 1. The Morgan fingerprint density at radius 1 is 1.38 bits per heavy atom. The number of pyridine rings is 1. The number of anilines is 1. The molecule has 0 aliphatic carbocycles. The van der Waals surface area contributed by atoms with Gasteiger partial charge in [0.2, 0.25) is 0 Å². The second-order valence-electron chi connectivity index (χ2n) is 5.74. The van der Waals surface area contributed by atoms with Crippen molar-refractivity contribution in [3.05, 3.63) is 23.9 Å². The van der Waals surface area contributed by atoms with E-state index in [2.05, 4.69) is 34.4 Å². The maximum absolute atomic E-state index is 12.2. The molecule has 1 aliphatic heterocycles. The van der Waals surface area contributed by atoms with Crippen molar-refractivity contribution in [2.75, 3.05) is 31.5 Å². The van der Waals surface area contributed by atoms with Gasteiger partial charge in [0.1, 0.15) is 5.82 Å². The van der Waals surface area contributed by atoms with Crippen molar-refractivity contribution in [1.82, 2.24) is 15.2 Å². The zero-order valence-electron chi connectivity index (χ0n) is 13.1. The van der Waals surface area contributed by atoms with Gasteiger partial charge in [-0.1, -0.05) is 6.92 Å². The van der Waals surface area contributed by atoms with E-state index < -0.39 is 0 Å². The van der Waals surface area contributed by atoms with Crippen LogP contribution in [0.2, 0.25) is 0 Å². The average molecular weight is 290 g/mol. The second kappa shape index (κ2) is 7.98. The monoisotopic (exact) mass is 290 g/mol. The number of amides is 1. The Morgan fingerprint density at radius 3 is 2.76 bits per heavy atom. The Balaban J connectivity index is 1.81. The lowest BCUT2D eigenvalue weighted by molar-refractivity contribution is 0.0931. The minimum atomic E-state index is -0.0451. The molecule has 2 heterocycles. The molecule has 1 saturated heterocycles. The standard InChI is InChI=1S/C16H26N4O/c1-3-8-17-15-7-6-14(11-18-15)16(21)19-13(2)12-20-9-4-5-10-20/h6-7,11,13H,3-5,8-10,12H2,1-2H3,(H,17,18)(H,19,21). The first-order valence-electron chi connectivity index (χ1n) is 7.92. The number of hydrogen-bond donors (Lipinski definition) is 2. The van der Waals surface area contributed by atoms with E-state index in [1.807, 2.05) is 12.1 Å². The summed E-state index contributed by atoms with van der Waals surface area (Å²) < 4.78 is 0. The van der Waals surface area contributed by atoms with Crippen LogP contribution in [0.25, 0.3) is 0 Å². The molecule has 1 unspecified atom stereocenters. The molecule has 0 radical (unpaired) electrons. The first-order valence-corrected chi connectivity index (χ1v) is 7.92. The average Bonchev–Trinajstić information content (AvgIpc) is 2.98. The molecule has 0 bridgehead atoms. The molecule has 1 aromatic heterocycles. The maximum Gasteiger partial charge on any atom is 0.253 e. The van der Waals surface area contributed by atoms with E-state index in [4.69, 9.17) is 0 Å². The summed E-state index contributed by atoms with van der Waals surface area (Å²) in [6.07, 6.45) is 5.24. The van der Waals surface area contributed by atoms with Gasteiger partial charge in [0, 0.05) is 25.3 Å². The van der Waals surface area contributed by atoms with Crippen molar-refractivity contribution in [2.45, 2.75) is 39.2 Å². The van der Waals surface area contributed by atoms with Gasteiger partial charge in [-0.2, -0.15) is 0 Å². The second-order valence-corrected chi connectivity index (χ2v) is 5.74. The molecule has 2 N–H and O–H groups in total. The quantitative estimate of drug-likeness (QED) is 0.807. The van der Waals surface area contributed by atoms with Crippen LogP contribution in [0.15, 0.2) is 18.3 Å². The Morgan fingerprint density at radius 2 is 2.14 bits per heavy atom. The van der Waals surface area contributed by atoms with Gasteiger partial charge in [-0.3, -0.25) is 4.79 Å². The number of nitrogens with zero attached hydrogens (tertiary/aromatic N) is 2. The molecule has 21 heavy (non-hydrogen) atoms. The van der Waals surface area contributed by atoms with Crippen molar-refractivity contribution >= 4 is 11.7 Å². The Hall–Kier alpha value is -1.62. The topological polar surface area (TPSA) is 57.3 Å². The number of hydrogen-bond acceptors (Lipinski definition) is 4. The van der Waals surface area contributed by atoms with Crippen LogP contribution in [0.3, 0.4) is 0 Å². The highest BCUT2D eigenvalue weighted by atomic mass is 16.1. The van der Waals surface area contributed by atoms with E-state index in [9.17, 15) is 4.79 Å². The third-order valence-electron chi connectivity index (χ3n) is 3.69. The summed E-state index contributed by atoms with van der Waals surface area (Å²) in [5.41, 5.74) is 0.616. The first kappa shape index (κ1) is 15.8. The number of aromatic nitrogens is 1. The lowest BCUT2D eigenvalue weighted by Gasteiger charge is -2.21. The number of carbonyl (C=O) groups is 1. The molecule has 0 aromatic carbocycles. The van der Waals surface area contributed by atoms with Gasteiger partial charge in [0.15, 0.2) is 0 Å². The molecule has 0 spiro atoms. The predicted octanol–water partition coefficient (Wildman–Crippen LogP) is 2.12. The molecule has 1 aromatic rings. The van der Waals surface area contributed by atoms with E-state index in [1.165, 1.54) is 12.8 Å². The first-order chi connectivity index (χ1) is 10.2. The molecular weight excluding hydrogens is 264 g/mol. The van der Waals surface area contributed by atoms with E-state index in [-0.39, 0.29) is 11.9 Å². The van der Waals surface area contributed by atoms with Crippen molar-refractivity contribution in [3.8, 4) is 0 Å². The fourth-order valence-corrected chi connectivity index (χ4v) is 2.59. The maximum atomic E-state index is 12.2. The molecule has 5 nitrogen and oxygen atoms in total. The zero-order chi connectivity index (χ0) is 15.1. The van der Waals surface area contributed by atoms with Crippen molar-refractivity contribution < 1.29 is 4.79 Å². The lowest BCUT2D eigenvalue weighted by atomic mass is 10.2. The highest BCUT2D eigenvalue weighted by Gasteiger charge is 2.16. The van der Waals surface area contributed by atoms with Crippen LogP contribution in [0.4, 0.5) is 5.82 Å². The fraction of sp³-hybridized carbons (Fsp3) is 0.625. The van der Waals surface area contributed by atoms with E-state index >= 15 is 0 Å². The predicted molar refractivity (Wildman–Crippen MR) is 85.6 cm³/mol. The summed E-state index contributed by atoms with van der Waals surface area (Å²) in [5, 5.41) is 6.24. The Labute approximate surface area is 127 Å². The zero-order valence-corrected chi connectivity index (χ0v) is 13.1. The smallest absolute Gasteiger partial charge is 0.253 e. The highest BCUT2D eigenvalue weighted by Crippen LogP contribution is 2.08. The number of rotatable bonds is 7. The largest absolute Gasteiger partial charge is 0.370 e. The molecule has 0 saturated carbocycles. The minimum absolute atomic E-state index is 0.0451. The Kier molecular flexibility index (Phi) is 5.99. The van der Waals surface area contributed by atoms with Crippen LogP contribution in [0, 0.1) is 0 Å². The molecule has 2 rings (SSSR count). The van der Waals surface area contributed by atoms with E-state index in [0.29, 0.717) is 5.56 Å². The summed E-state index contributed by atoms with van der Waals surface area (Å²) in [7, 11) is 0. The van der Waals surface area contributed by atoms with Gasteiger partial charge in [-0.15, -0.1) is 0 Å². The van der Waals surface area contributed by atoms with E-state index in [0.717, 1.165) is 38.4 Å². The normalized spacial score (nSPS) is 16.7. The van der Waals surface area contributed by atoms with Crippen LogP contribution in [0.1, 0.15) is 43.5 Å². The highest BCUT2D eigenvalue weighted by molar-refractivity contribution is 5.94. The third kappa shape index (κ3) is 5.01. The summed E-state index contributed by atoms with van der Waals surface area (Å²) in [4.78, 5) is 18.8. The van der Waals surface area contributed by atoms with Crippen molar-refractivity contribution in [2.24, 2.45) is 0 Å². The van der Waals surface area contributed by atoms with Crippen LogP contribution >= 0.6 is 0 Å². The number of nitrogens with one attached hydrogen (secondary N) is 2. The van der Waals surface area contributed by atoms with Crippen LogP contribution in [0.5, 0.6) is 0 Å². The molecule has 1 atom stereocenters. The van der Waals surface area contributed by atoms with Crippen LogP contribution < -0.4 is 10.6 Å². The summed E-state index contributed by atoms with van der Waals surface area (Å²) in [6, 6.07) is 3.84. The van der Waals surface area contributed by atoms with Gasteiger partial charge >= 0.3 is 0 Å².